The Balaban J connectivity index is 1.58. The summed E-state index contributed by atoms with van der Waals surface area (Å²) in [5.41, 5.74) is 1.33. The number of aliphatic carboxylic acids is 1. The third-order valence-electron chi connectivity index (χ3n) is 5.09. The minimum Gasteiger partial charge on any atom is -0.480 e. The number of carbonyl (C=O) groups is 3. The Morgan fingerprint density at radius 1 is 1.14 bits per heavy atom. The summed E-state index contributed by atoms with van der Waals surface area (Å²) in [6.07, 6.45) is 5.83. The molecule has 29 heavy (non-hydrogen) atoms. The van der Waals surface area contributed by atoms with Crippen LogP contribution in [0.2, 0.25) is 0 Å². The Labute approximate surface area is 166 Å². The van der Waals surface area contributed by atoms with Crippen LogP contribution in [0.1, 0.15) is 23.3 Å². The molecule has 0 spiro atoms. The first-order chi connectivity index (χ1) is 14.0. The number of aromatic nitrogens is 2. The Morgan fingerprint density at radius 3 is 2.69 bits per heavy atom. The van der Waals surface area contributed by atoms with E-state index >= 15 is 0 Å². The molecule has 3 atom stereocenters. The second-order valence-electron chi connectivity index (χ2n) is 7.00. The summed E-state index contributed by atoms with van der Waals surface area (Å²) in [5.74, 6) is -2.09. The number of amides is 2. The molecule has 4 rings (SSSR count). The molecule has 1 aromatic carbocycles. The fraction of sp³-hybridized carbons (Fsp3) is 0.350. The minimum atomic E-state index is -1.13. The quantitative estimate of drug-likeness (QED) is 0.735. The van der Waals surface area contributed by atoms with E-state index in [1.165, 1.54) is 11.1 Å². The van der Waals surface area contributed by atoms with E-state index in [0.717, 1.165) is 0 Å². The first-order valence-electron chi connectivity index (χ1n) is 9.35. The smallest absolute Gasteiger partial charge is 0.328 e. The van der Waals surface area contributed by atoms with E-state index < -0.39 is 29.9 Å². The van der Waals surface area contributed by atoms with Gasteiger partial charge in [0.15, 0.2) is 6.04 Å². The second kappa shape index (κ2) is 7.96. The molecular formula is C20H20N4O5. The zero-order valence-electron chi connectivity index (χ0n) is 15.5. The van der Waals surface area contributed by atoms with Crippen LogP contribution in [0.25, 0.3) is 11.0 Å². The highest BCUT2D eigenvalue weighted by molar-refractivity contribution is 5.98. The summed E-state index contributed by atoms with van der Waals surface area (Å²) in [7, 11) is 0. The van der Waals surface area contributed by atoms with Gasteiger partial charge >= 0.3 is 5.97 Å². The van der Waals surface area contributed by atoms with Crippen molar-refractivity contribution >= 4 is 28.8 Å². The minimum absolute atomic E-state index is 0.0713. The van der Waals surface area contributed by atoms with Crippen molar-refractivity contribution in [1.82, 2.24) is 20.2 Å². The molecule has 0 unspecified atom stereocenters. The lowest BCUT2D eigenvalue weighted by molar-refractivity contribution is -0.164. The van der Waals surface area contributed by atoms with Crippen LogP contribution >= 0.6 is 0 Å². The van der Waals surface area contributed by atoms with Crippen molar-refractivity contribution in [2.45, 2.75) is 31.0 Å². The van der Waals surface area contributed by atoms with Gasteiger partial charge in [0.2, 0.25) is 5.91 Å². The molecule has 9 heteroatoms. The SMILES string of the molecule is O=C(N[C@H]1C/C=C\C[C@H]2COC[C@@H](C(=O)O)N2C1=O)c1cnc2ccccc2n1. The highest BCUT2D eigenvalue weighted by Crippen LogP contribution is 2.22. The molecule has 2 aliphatic rings. The van der Waals surface area contributed by atoms with Crippen molar-refractivity contribution in [2.75, 3.05) is 13.2 Å². The molecule has 1 aromatic heterocycles. The molecule has 2 amide bonds. The molecular weight excluding hydrogens is 376 g/mol. The molecule has 9 nitrogen and oxygen atoms in total. The average molecular weight is 396 g/mol. The van der Waals surface area contributed by atoms with Crippen LogP contribution < -0.4 is 5.32 Å². The van der Waals surface area contributed by atoms with Gasteiger partial charge in [-0.25, -0.2) is 9.78 Å². The fourth-order valence-electron chi connectivity index (χ4n) is 3.62. The van der Waals surface area contributed by atoms with E-state index in [-0.39, 0.29) is 31.4 Å². The molecule has 2 N–H and O–H groups in total. The number of carboxylic acids is 1. The van der Waals surface area contributed by atoms with Crippen LogP contribution in [0.4, 0.5) is 0 Å². The van der Waals surface area contributed by atoms with Crippen molar-refractivity contribution in [3.8, 4) is 0 Å². The standard InChI is InChI=1S/C20H20N4O5/c25-18(16-9-21-13-6-3-4-7-14(13)22-16)23-15-8-2-1-5-12-10-29-11-17(20(27)28)24(12)19(15)26/h1-4,6-7,9,12,15,17H,5,8,10-11H2,(H,23,25)(H,27,28)/b2-1-/t12-,15-,17-/m0/s1. The van der Waals surface area contributed by atoms with E-state index in [1.807, 2.05) is 18.2 Å². The predicted molar refractivity (Wildman–Crippen MR) is 102 cm³/mol. The second-order valence-corrected chi connectivity index (χ2v) is 7.00. The van der Waals surface area contributed by atoms with Gasteiger partial charge in [-0.2, -0.15) is 0 Å². The Morgan fingerprint density at radius 2 is 1.90 bits per heavy atom. The van der Waals surface area contributed by atoms with E-state index in [1.54, 1.807) is 18.2 Å². The third-order valence-corrected chi connectivity index (χ3v) is 5.09. The summed E-state index contributed by atoms with van der Waals surface area (Å²) in [5, 5.41) is 12.2. The molecule has 3 heterocycles. The average Bonchev–Trinajstić information content (AvgIpc) is 2.73. The van der Waals surface area contributed by atoms with Crippen molar-refractivity contribution < 1.29 is 24.2 Å². The number of hydrogen-bond donors (Lipinski definition) is 2. The molecule has 2 aromatic rings. The Hall–Kier alpha value is -3.33. The number of nitrogens with one attached hydrogen (secondary N) is 1. The zero-order valence-corrected chi connectivity index (χ0v) is 15.5. The van der Waals surface area contributed by atoms with Crippen molar-refractivity contribution in [1.29, 1.82) is 0 Å². The van der Waals surface area contributed by atoms with Gasteiger partial charge in [-0.1, -0.05) is 24.3 Å². The third kappa shape index (κ3) is 3.81. The molecule has 0 saturated carbocycles. The normalized spacial score (nSPS) is 25.6. The van der Waals surface area contributed by atoms with Gasteiger partial charge in [-0.15, -0.1) is 0 Å². The number of carboxylic acid groups (broad SMARTS) is 1. The van der Waals surface area contributed by atoms with Crippen LogP contribution in [0, 0.1) is 0 Å². The topological polar surface area (TPSA) is 122 Å². The maximum atomic E-state index is 13.1. The van der Waals surface area contributed by atoms with E-state index in [0.29, 0.717) is 17.5 Å². The van der Waals surface area contributed by atoms with Gasteiger partial charge < -0.3 is 20.1 Å². The highest BCUT2D eigenvalue weighted by Gasteiger charge is 2.41. The van der Waals surface area contributed by atoms with Crippen molar-refractivity contribution in [2.24, 2.45) is 0 Å². The number of morpholine rings is 1. The summed E-state index contributed by atoms with van der Waals surface area (Å²) in [6, 6.07) is 4.81. The number of hydrogen-bond acceptors (Lipinski definition) is 6. The Kier molecular flexibility index (Phi) is 5.22. The molecule has 1 fully saturated rings. The molecule has 2 aliphatic heterocycles. The summed E-state index contributed by atoms with van der Waals surface area (Å²) >= 11 is 0. The molecule has 1 saturated heterocycles. The number of rotatable bonds is 3. The van der Waals surface area contributed by atoms with Gasteiger partial charge in [-0.05, 0) is 25.0 Å². The van der Waals surface area contributed by atoms with Gasteiger partial charge in [0, 0.05) is 0 Å². The van der Waals surface area contributed by atoms with Crippen LogP contribution in [0.15, 0.2) is 42.6 Å². The number of fused-ring (bicyclic) bond motifs is 2. The van der Waals surface area contributed by atoms with Gasteiger partial charge in [0.05, 0.1) is 36.5 Å². The number of benzene rings is 1. The maximum absolute atomic E-state index is 13.1. The van der Waals surface area contributed by atoms with E-state index in [9.17, 15) is 19.5 Å². The first-order valence-corrected chi connectivity index (χ1v) is 9.35. The van der Waals surface area contributed by atoms with Crippen LogP contribution in [-0.4, -0.2) is 69.1 Å². The van der Waals surface area contributed by atoms with E-state index in [4.69, 9.17) is 4.74 Å². The first kappa shape index (κ1) is 19.0. The Bertz CT molecular complexity index is 992. The summed E-state index contributed by atoms with van der Waals surface area (Å²) in [6.45, 7) is 0.189. The zero-order chi connectivity index (χ0) is 20.4. The lowest BCUT2D eigenvalue weighted by Gasteiger charge is -2.42. The largest absolute Gasteiger partial charge is 0.480 e. The van der Waals surface area contributed by atoms with Crippen molar-refractivity contribution in [3.63, 3.8) is 0 Å². The van der Waals surface area contributed by atoms with Crippen LogP contribution in [0.5, 0.6) is 0 Å². The fourth-order valence-corrected chi connectivity index (χ4v) is 3.62. The molecule has 0 aliphatic carbocycles. The highest BCUT2D eigenvalue weighted by atomic mass is 16.5. The predicted octanol–water partition coefficient (Wildman–Crippen LogP) is 0.759. The van der Waals surface area contributed by atoms with Gasteiger partial charge in [0.25, 0.3) is 5.91 Å². The maximum Gasteiger partial charge on any atom is 0.328 e. The number of para-hydroxylation sites is 2. The molecule has 0 bridgehead atoms. The monoisotopic (exact) mass is 396 g/mol. The van der Waals surface area contributed by atoms with Crippen LogP contribution in [0.3, 0.4) is 0 Å². The van der Waals surface area contributed by atoms with Crippen LogP contribution in [-0.2, 0) is 14.3 Å². The van der Waals surface area contributed by atoms with Gasteiger partial charge in [0.1, 0.15) is 11.7 Å². The number of nitrogens with zero attached hydrogens (tertiary/aromatic N) is 3. The summed E-state index contributed by atoms with van der Waals surface area (Å²) < 4.78 is 5.37. The van der Waals surface area contributed by atoms with Crippen molar-refractivity contribution in [3.05, 3.63) is 48.3 Å². The number of ether oxygens (including phenoxy) is 1. The molecule has 150 valence electrons. The molecule has 0 radical (unpaired) electrons. The lowest BCUT2D eigenvalue weighted by Crippen LogP contribution is -2.62. The van der Waals surface area contributed by atoms with E-state index in [2.05, 4.69) is 15.3 Å². The number of carbonyl (C=O) groups excluding carboxylic acids is 2. The lowest BCUT2D eigenvalue weighted by atomic mass is 10.00. The van der Waals surface area contributed by atoms with Gasteiger partial charge in [-0.3, -0.25) is 14.6 Å². The summed E-state index contributed by atoms with van der Waals surface area (Å²) in [4.78, 5) is 47.4.